The number of hydrogen-bond acceptors (Lipinski definition) is 2. The summed E-state index contributed by atoms with van der Waals surface area (Å²) in [5, 5.41) is 1.27. The number of rotatable bonds is 4. The smallest absolute Gasteiger partial charge is 0.0483 e. The Hall–Kier alpha value is -2.13. The molecule has 0 aliphatic heterocycles. The Morgan fingerprint density at radius 1 is 1.11 bits per heavy atom. The highest BCUT2D eigenvalue weighted by Gasteiger charge is 2.02. The molecule has 0 spiro atoms. The second-order valence-corrected chi connectivity index (χ2v) is 4.72. The molecule has 0 fully saturated rings. The zero-order valence-electron chi connectivity index (χ0n) is 10.8. The summed E-state index contributed by atoms with van der Waals surface area (Å²) in [6, 6.07) is 12.7. The fraction of sp³-hybridized carbons (Fsp3) is 0.188. The predicted molar refractivity (Wildman–Crippen MR) is 77.8 cm³/mol. The maximum Gasteiger partial charge on any atom is 0.0483 e. The lowest BCUT2D eigenvalue weighted by molar-refractivity contribution is 0.720. The Balaban J connectivity index is 1.84. The standard InChI is InChI=1S/C16H17N3/c17-11-14-3-4-15-6-9-19(16(15)10-14)8-5-13-2-1-7-18-12-13/h1-4,6-7,9-10,12H,5,8,11,17H2. The van der Waals surface area contributed by atoms with E-state index >= 15 is 0 Å². The van der Waals surface area contributed by atoms with Crippen molar-refractivity contribution in [1.82, 2.24) is 9.55 Å². The highest BCUT2D eigenvalue weighted by atomic mass is 14.9. The topological polar surface area (TPSA) is 43.8 Å². The summed E-state index contributed by atoms with van der Waals surface area (Å²) >= 11 is 0. The van der Waals surface area contributed by atoms with E-state index in [1.165, 1.54) is 22.0 Å². The van der Waals surface area contributed by atoms with Crippen molar-refractivity contribution in [3.05, 3.63) is 66.1 Å². The molecule has 19 heavy (non-hydrogen) atoms. The fourth-order valence-electron chi connectivity index (χ4n) is 2.35. The van der Waals surface area contributed by atoms with Gasteiger partial charge >= 0.3 is 0 Å². The van der Waals surface area contributed by atoms with Crippen LogP contribution in [0.25, 0.3) is 10.9 Å². The van der Waals surface area contributed by atoms with Gasteiger partial charge in [-0.05, 0) is 41.1 Å². The summed E-state index contributed by atoms with van der Waals surface area (Å²) in [7, 11) is 0. The molecule has 96 valence electrons. The minimum atomic E-state index is 0.587. The summed E-state index contributed by atoms with van der Waals surface area (Å²) in [4.78, 5) is 4.15. The maximum absolute atomic E-state index is 5.71. The molecule has 0 saturated carbocycles. The van der Waals surface area contributed by atoms with Crippen molar-refractivity contribution in [2.24, 2.45) is 5.73 Å². The number of benzene rings is 1. The number of nitrogens with two attached hydrogens (primary N) is 1. The Morgan fingerprint density at radius 2 is 2.05 bits per heavy atom. The molecule has 2 heterocycles. The Bertz CT molecular complexity index is 671. The first-order valence-corrected chi connectivity index (χ1v) is 6.53. The maximum atomic E-state index is 5.71. The average Bonchev–Trinajstić information content (AvgIpc) is 2.88. The number of nitrogens with zero attached hydrogens (tertiary/aromatic N) is 2. The third kappa shape index (κ3) is 2.51. The van der Waals surface area contributed by atoms with Gasteiger partial charge in [-0.1, -0.05) is 18.2 Å². The van der Waals surface area contributed by atoms with Crippen LogP contribution in [0.2, 0.25) is 0 Å². The van der Waals surface area contributed by atoms with E-state index in [1.807, 2.05) is 18.5 Å². The first-order chi connectivity index (χ1) is 9.36. The summed E-state index contributed by atoms with van der Waals surface area (Å²) < 4.78 is 2.28. The molecule has 0 bridgehead atoms. The highest BCUT2D eigenvalue weighted by Crippen LogP contribution is 2.18. The first kappa shape index (κ1) is 11.9. The lowest BCUT2D eigenvalue weighted by Crippen LogP contribution is -2.01. The Kier molecular flexibility index (Phi) is 3.29. The van der Waals surface area contributed by atoms with Crippen LogP contribution in [-0.4, -0.2) is 9.55 Å². The second kappa shape index (κ2) is 5.24. The van der Waals surface area contributed by atoms with E-state index in [1.54, 1.807) is 0 Å². The Morgan fingerprint density at radius 3 is 2.84 bits per heavy atom. The number of aromatic nitrogens is 2. The minimum Gasteiger partial charge on any atom is -0.347 e. The average molecular weight is 251 g/mol. The molecule has 0 saturated heterocycles. The molecule has 2 N–H and O–H groups in total. The molecule has 0 radical (unpaired) electrons. The quantitative estimate of drug-likeness (QED) is 0.775. The lowest BCUT2D eigenvalue weighted by atomic mass is 10.1. The molecule has 2 aromatic heterocycles. The van der Waals surface area contributed by atoms with Crippen molar-refractivity contribution in [1.29, 1.82) is 0 Å². The molecule has 1 aromatic carbocycles. The minimum absolute atomic E-state index is 0.587. The number of hydrogen-bond donors (Lipinski definition) is 1. The zero-order chi connectivity index (χ0) is 13.1. The van der Waals surface area contributed by atoms with E-state index in [0.29, 0.717) is 6.54 Å². The second-order valence-electron chi connectivity index (χ2n) is 4.72. The predicted octanol–water partition coefficient (Wildman–Crippen LogP) is 2.74. The largest absolute Gasteiger partial charge is 0.347 e. The molecule has 3 rings (SSSR count). The van der Waals surface area contributed by atoms with Gasteiger partial charge in [0.15, 0.2) is 0 Å². The van der Waals surface area contributed by atoms with Gasteiger partial charge in [0.1, 0.15) is 0 Å². The van der Waals surface area contributed by atoms with Crippen LogP contribution in [0.1, 0.15) is 11.1 Å². The van der Waals surface area contributed by atoms with Gasteiger partial charge in [0.05, 0.1) is 0 Å². The van der Waals surface area contributed by atoms with E-state index in [9.17, 15) is 0 Å². The highest BCUT2D eigenvalue weighted by molar-refractivity contribution is 5.80. The summed E-state index contributed by atoms with van der Waals surface area (Å²) in [5.74, 6) is 0. The van der Waals surface area contributed by atoms with Crippen LogP contribution in [-0.2, 0) is 19.5 Å². The zero-order valence-corrected chi connectivity index (χ0v) is 10.8. The van der Waals surface area contributed by atoms with E-state index in [0.717, 1.165) is 13.0 Å². The normalized spacial score (nSPS) is 11.0. The summed E-state index contributed by atoms with van der Waals surface area (Å²) in [6.45, 7) is 1.55. The van der Waals surface area contributed by atoms with E-state index in [2.05, 4.69) is 46.1 Å². The van der Waals surface area contributed by atoms with E-state index < -0.39 is 0 Å². The van der Waals surface area contributed by atoms with Crippen molar-refractivity contribution in [3.8, 4) is 0 Å². The van der Waals surface area contributed by atoms with Crippen molar-refractivity contribution in [3.63, 3.8) is 0 Å². The fourth-order valence-corrected chi connectivity index (χ4v) is 2.35. The van der Waals surface area contributed by atoms with Gasteiger partial charge in [-0.3, -0.25) is 4.98 Å². The van der Waals surface area contributed by atoms with Crippen LogP contribution >= 0.6 is 0 Å². The lowest BCUT2D eigenvalue weighted by Gasteiger charge is -2.06. The van der Waals surface area contributed by atoms with Gasteiger partial charge in [-0.15, -0.1) is 0 Å². The molecule has 0 aliphatic carbocycles. The van der Waals surface area contributed by atoms with Gasteiger partial charge in [0.2, 0.25) is 0 Å². The van der Waals surface area contributed by atoms with E-state index in [4.69, 9.17) is 5.73 Å². The van der Waals surface area contributed by atoms with Gasteiger partial charge in [-0.25, -0.2) is 0 Å². The monoisotopic (exact) mass is 251 g/mol. The summed E-state index contributed by atoms with van der Waals surface area (Å²) in [5.41, 5.74) is 9.40. The van der Waals surface area contributed by atoms with Gasteiger partial charge < -0.3 is 10.3 Å². The SMILES string of the molecule is NCc1ccc2ccn(CCc3cccnc3)c2c1. The first-order valence-electron chi connectivity index (χ1n) is 6.53. The third-order valence-corrected chi connectivity index (χ3v) is 3.44. The number of aryl methyl sites for hydroxylation is 2. The van der Waals surface area contributed by atoms with Crippen LogP contribution in [0.4, 0.5) is 0 Å². The van der Waals surface area contributed by atoms with Crippen LogP contribution in [0, 0.1) is 0 Å². The molecule has 3 heteroatoms. The molecule has 0 unspecified atom stereocenters. The van der Waals surface area contributed by atoms with E-state index in [-0.39, 0.29) is 0 Å². The molecule has 0 atom stereocenters. The number of pyridine rings is 1. The van der Waals surface area contributed by atoms with Crippen LogP contribution < -0.4 is 5.73 Å². The molecular formula is C16H17N3. The number of fused-ring (bicyclic) bond motifs is 1. The van der Waals surface area contributed by atoms with Crippen molar-refractivity contribution < 1.29 is 0 Å². The van der Waals surface area contributed by atoms with Gasteiger partial charge in [-0.2, -0.15) is 0 Å². The molecule has 0 amide bonds. The van der Waals surface area contributed by atoms with Crippen molar-refractivity contribution in [2.75, 3.05) is 0 Å². The van der Waals surface area contributed by atoms with Crippen LogP contribution in [0.5, 0.6) is 0 Å². The summed E-state index contributed by atoms with van der Waals surface area (Å²) in [6.07, 6.45) is 6.87. The van der Waals surface area contributed by atoms with Crippen LogP contribution in [0.15, 0.2) is 55.0 Å². The van der Waals surface area contributed by atoms with Gasteiger partial charge in [0, 0.05) is 37.2 Å². The molecular weight excluding hydrogens is 234 g/mol. The molecule has 3 nitrogen and oxygen atoms in total. The van der Waals surface area contributed by atoms with Crippen LogP contribution in [0.3, 0.4) is 0 Å². The molecule has 0 aliphatic rings. The third-order valence-electron chi connectivity index (χ3n) is 3.44. The Labute approximate surface area is 112 Å². The molecule has 3 aromatic rings. The van der Waals surface area contributed by atoms with Crippen molar-refractivity contribution in [2.45, 2.75) is 19.5 Å². The van der Waals surface area contributed by atoms with Crippen molar-refractivity contribution >= 4 is 10.9 Å². The van der Waals surface area contributed by atoms with Gasteiger partial charge in [0.25, 0.3) is 0 Å².